The molecule has 0 unspecified atom stereocenters. The number of rotatable bonds is 7. The van der Waals surface area contributed by atoms with Crippen LogP contribution >= 0.6 is 0 Å². The van der Waals surface area contributed by atoms with Gasteiger partial charge in [0.1, 0.15) is 5.75 Å². The van der Waals surface area contributed by atoms with Crippen LogP contribution in [0.5, 0.6) is 5.75 Å². The van der Waals surface area contributed by atoms with Crippen molar-refractivity contribution in [1.82, 2.24) is 5.32 Å². The summed E-state index contributed by atoms with van der Waals surface area (Å²) in [5, 5.41) is 3.01. The molecule has 0 radical (unpaired) electrons. The topological polar surface area (TPSA) is 67.6 Å². The number of hydrogen-bond acceptors (Lipinski definition) is 4. The second-order valence-electron chi connectivity index (χ2n) is 6.64. The minimum absolute atomic E-state index is 0.0140. The molecule has 138 valence electrons. The zero-order valence-electron chi connectivity index (χ0n) is 15.3. The zero-order valence-corrected chi connectivity index (χ0v) is 15.3. The van der Waals surface area contributed by atoms with Gasteiger partial charge in [0.25, 0.3) is 0 Å². The first-order valence-corrected chi connectivity index (χ1v) is 9.28. The van der Waals surface area contributed by atoms with Crippen molar-refractivity contribution >= 4 is 17.3 Å². The Kier molecular flexibility index (Phi) is 6.00. The average molecular weight is 353 g/mol. The number of nitrogen functional groups attached to an aromatic ring is 1. The van der Waals surface area contributed by atoms with E-state index in [2.05, 4.69) is 17.1 Å². The van der Waals surface area contributed by atoms with Crippen molar-refractivity contribution in [2.75, 3.05) is 30.3 Å². The van der Waals surface area contributed by atoms with E-state index in [9.17, 15) is 4.79 Å². The third-order valence-electron chi connectivity index (χ3n) is 4.58. The Hall–Kier alpha value is -2.69. The van der Waals surface area contributed by atoms with Crippen LogP contribution in [0, 0.1) is 0 Å². The van der Waals surface area contributed by atoms with Gasteiger partial charge in [0, 0.05) is 24.5 Å². The van der Waals surface area contributed by atoms with E-state index in [1.54, 1.807) is 0 Å². The van der Waals surface area contributed by atoms with Crippen LogP contribution in [0.4, 0.5) is 11.4 Å². The summed E-state index contributed by atoms with van der Waals surface area (Å²) in [5.41, 5.74) is 10.2. The maximum atomic E-state index is 12.4. The molecule has 0 fully saturated rings. The summed E-state index contributed by atoms with van der Waals surface area (Å²) in [4.78, 5) is 14.5. The van der Waals surface area contributed by atoms with Gasteiger partial charge in [-0.1, -0.05) is 25.1 Å². The van der Waals surface area contributed by atoms with Gasteiger partial charge in [-0.3, -0.25) is 4.79 Å². The summed E-state index contributed by atoms with van der Waals surface area (Å²) >= 11 is 0. The highest BCUT2D eigenvalue weighted by atomic mass is 16.5. The van der Waals surface area contributed by atoms with Crippen molar-refractivity contribution in [3.8, 4) is 5.75 Å². The molecule has 0 saturated carbocycles. The molecule has 1 amide bonds. The van der Waals surface area contributed by atoms with E-state index in [4.69, 9.17) is 10.5 Å². The van der Waals surface area contributed by atoms with Gasteiger partial charge in [0.05, 0.1) is 13.2 Å². The normalized spacial score (nSPS) is 13.2. The quantitative estimate of drug-likeness (QED) is 0.751. The molecule has 1 aliphatic heterocycles. The standard InChI is InChI=1S/C21H27N3O2/c1-2-12-26-17-7-3-6-16(13-17)14-23-21(25)15-24-11-5-8-18-19(22)9-4-10-20(18)24/h3-4,6-7,9-10,13H,2,5,8,11-12,14-15,22H2,1H3,(H,23,25). The number of amides is 1. The molecule has 5 nitrogen and oxygen atoms in total. The van der Waals surface area contributed by atoms with E-state index in [1.165, 1.54) is 0 Å². The number of nitrogens with two attached hydrogens (primary N) is 1. The first kappa shape index (κ1) is 18.1. The third kappa shape index (κ3) is 4.48. The lowest BCUT2D eigenvalue weighted by atomic mass is 10.00. The Bertz CT molecular complexity index is 761. The maximum absolute atomic E-state index is 12.4. The molecule has 26 heavy (non-hydrogen) atoms. The van der Waals surface area contributed by atoms with Crippen LogP contribution in [0.15, 0.2) is 42.5 Å². The molecule has 2 aromatic carbocycles. The SMILES string of the molecule is CCCOc1cccc(CNC(=O)CN2CCCc3c(N)cccc32)c1. The van der Waals surface area contributed by atoms with E-state index < -0.39 is 0 Å². The summed E-state index contributed by atoms with van der Waals surface area (Å²) in [6.07, 6.45) is 2.97. The second-order valence-corrected chi connectivity index (χ2v) is 6.64. The maximum Gasteiger partial charge on any atom is 0.239 e. The summed E-state index contributed by atoms with van der Waals surface area (Å²) < 4.78 is 5.64. The van der Waals surface area contributed by atoms with E-state index in [1.807, 2.05) is 42.5 Å². The minimum atomic E-state index is 0.0140. The first-order valence-electron chi connectivity index (χ1n) is 9.28. The van der Waals surface area contributed by atoms with Crippen LogP contribution in [-0.4, -0.2) is 25.6 Å². The summed E-state index contributed by atoms with van der Waals surface area (Å²) in [7, 11) is 0. The molecule has 1 aliphatic rings. The Morgan fingerprint density at radius 2 is 2.12 bits per heavy atom. The fourth-order valence-corrected chi connectivity index (χ4v) is 3.29. The molecule has 0 bridgehead atoms. The zero-order chi connectivity index (χ0) is 18.4. The van der Waals surface area contributed by atoms with Crippen molar-refractivity contribution in [3.05, 3.63) is 53.6 Å². The third-order valence-corrected chi connectivity index (χ3v) is 4.58. The molecular formula is C21H27N3O2. The Morgan fingerprint density at radius 3 is 2.96 bits per heavy atom. The van der Waals surface area contributed by atoms with Gasteiger partial charge in [-0.15, -0.1) is 0 Å². The lowest BCUT2D eigenvalue weighted by Gasteiger charge is -2.31. The lowest BCUT2D eigenvalue weighted by Crippen LogP contribution is -2.39. The molecule has 5 heteroatoms. The van der Waals surface area contributed by atoms with Crippen LogP contribution in [0.3, 0.4) is 0 Å². The van der Waals surface area contributed by atoms with E-state index >= 15 is 0 Å². The molecule has 0 aliphatic carbocycles. The van der Waals surface area contributed by atoms with Crippen LogP contribution in [0.1, 0.15) is 30.9 Å². The predicted octanol–water partition coefficient (Wildman–Crippen LogP) is 3.13. The van der Waals surface area contributed by atoms with Crippen LogP contribution < -0.4 is 20.7 Å². The molecule has 1 heterocycles. The molecule has 0 aromatic heterocycles. The van der Waals surface area contributed by atoms with Gasteiger partial charge in [0.15, 0.2) is 0 Å². The van der Waals surface area contributed by atoms with Gasteiger partial charge in [-0.05, 0) is 54.7 Å². The van der Waals surface area contributed by atoms with Gasteiger partial charge in [-0.25, -0.2) is 0 Å². The number of ether oxygens (including phenoxy) is 1. The Morgan fingerprint density at radius 1 is 1.27 bits per heavy atom. The van der Waals surface area contributed by atoms with Gasteiger partial charge >= 0.3 is 0 Å². The molecular weight excluding hydrogens is 326 g/mol. The number of carbonyl (C=O) groups excluding carboxylic acids is 1. The van der Waals surface area contributed by atoms with Crippen LogP contribution in [0.2, 0.25) is 0 Å². The largest absolute Gasteiger partial charge is 0.494 e. The minimum Gasteiger partial charge on any atom is -0.494 e. The summed E-state index contributed by atoms with van der Waals surface area (Å²) in [6.45, 7) is 4.51. The van der Waals surface area contributed by atoms with E-state index in [0.29, 0.717) is 19.7 Å². The Balaban J connectivity index is 1.56. The fraction of sp³-hybridized carbons (Fsp3) is 0.381. The van der Waals surface area contributed by atoms with Crippen molar-refractivity contribution in [1.29, 1.82) is 0 Å². The summed E-state index contributed by atoms with van der Waals surface area (Å²) in [6, 6.07) is 13.8. The van der Waals surface area contributed by atoms with Crippen molar-refractivity contribution < 1.29 is 9.53 Å². The van der Waals surface area contributed by atoms with Crippen molar-refractivity contribution in [2.45, 2.75) is 32.7 Å². The highest BCUT2D eigenvalue weighted by Crippen LogP contribution is 2.30. The molecule has 0 atom stereocenters. The number of hydrogen-bond donors (Lipinski definition) is 2. The second kappa shape index (κ2) is 8.61. The number of anilines is 2. The monoisotopic (exact) mass is 353 g/mol. The first-order chi connectivity index (χ1) is 12.7. The number of nitrogens with one attached hydrogen (secondary N) is 1. The number of carbonyl (C=O) groups is 1. The summed E-state index contributed by atoms with van der Waals surface area (Å²) in [5.74, 6) is 0.860. The van der Waals surface area contributed by atoms with E-state index in [0.717, 1.165) is 54.1 Å². The lowest BCUT2D eigenvalue weighted by molar-refractivity contribution is -0.119. The number of fused-ring (bicyclic) bond motifs is 1. The molecule has 3 N–H and O–H groups in total. The van der Waals surface area contributed by atoms with E-state index in [-0.39, 0.29) is 5.91 Å². The van der Waals surface area contributed by atoms with Crippen molar-refractivity contribution in [3.63, 3.8) is 0 Å². The molecule has 0 spiro atoms. The molecule has 0 saturated heterocycles. The van der Waals surface area contributed by atoms with Crippen LogP contribution in [0.25, 0.3) is 0 Å². The van der Waals surface area contributed by atoms with Gasteiger partial charge < -0.3 is 20.7 Å². The van der Waals surface area contributed by atoms with Gasteiger partial charge in [-0.2, -0.15) is 0 Å². The predicted molar refractivity (Wildman–Crippen MR) is 105 cm³/mol. The van der Waals surface area contributed by atoms with Gasteiger partial charge in [0.2, 0.25) is 5.91 Å². The smallest absolute Gasteiger partial charge is 0.239 e. The average Bonchev–Trinajstić information content (AvgIpc) is 2.66. The van der Waals surface area contributed by atoms with Crippen LogP contribution in [-0.2, 0) is 17.8 Å². The van der Waals surface area contributed by atoms with Crippen molar-refractivity contribution in [2.24, 2.45) is 0 Å². The molecule has 3 rings (SSSR count). The molecule has 2 aromatic rings. The highest BCUT2D eigenvalue weighted by molar-refractivity contribution is 5.82. The fourth-order valence-electron chi connectivity index (χ4n) is 3.29. The number of benzene rings is 2. The Labute approximate surface area is 155 Å². The highest BCUT2D eigenvalue weighted by Gasteiger charge is 2.20. The number of nitrogens with zero attached hydrogens (tertiary/aromatic N) is 1.